The molecule has 1 saturated heterocycles. The van der Waals surface area contributed by atoms with E-state index in [0.717, 1.165) is 74.3 Å². The number of nitrogens with zero attached hydrogens (tertiary/aromatic N) is 4. The molecule has 0 aliphatic carbocycles. The van der Waals surface area contributed by atoms with Crippen molar-refractivity contribution in [3.8, 4) is 0 Å². The molecule has 0 amide bonds. The number of pyridine rings is 1. The summed E-state index contributed by atoms with van der Waals surface area (Å²) in [6.07, 6.45) is 2.84. The predicted octanol–water partition coefficient (Wildman–Crippen LogP) is 3.10. The number of likely N-dealkylation sites (N-methyl/N-ethyl adjacent to an activating group) is 1. The molecule has 1 aromatic heterocycles. The van der Waals surface area contributed by atoms with Crippen LogP contribution in [0.3, 0.4) is 0 Å². The highest BCUT2D eigenvalue weighted by atomic mass is 35.5. The molecule has 27 heavy (non-hydrogen) atoms. The molecule has 0 atom stereocenters. The van der Waals surface area contributed by atoms with Crippen LogP contribution in [0.1, 0.15) is 12.0 Å². The summed E-state index contributed by atoms with van der Waals surface area (Å²) >= 11 is 6.24. The number of aliphatic imine (C=N–C) groups is 1. The van der Waals surface area contributed by atoms with E-state index in [2.05, 4.69) is 32.5 Å². The van der Waals surface area contributed by atoms with Crippen molar-refractivity contribution < 1.29 is 0 Å². The Morgan fingerprint density at radius 2 is 2.04 bits per heavy atom. The normalized spacial score (nSPS) is 17.3. The summed E-state index contributed by atoms with van der Waals surface area (Å²) in [6, 6.07) is 9.67. The fourth-order valence-electron chi connectivity index (χ4n) is 3.43. The molecule has 1 aromatic carbocycles. The lowest BCUT2D eigenvalue weighted by molar-refractivity contribution is 0.153. The van der Waals surface area contributed by atoms with Gasteiger partial charge in [0.2, 0.25) is 0 Å². The van der Waals surface area contributed by atoms with Crippen molar-refractivity contribution in [2.75, 3.05) is 51.6 Å². The molecule has 4 rings (SSSR count). The van der Waals surface area contributed by atoms with Crippen molar-refractivity contribution in [2.24, 2.45) is 4.99 Å². The minimum absolute atomic E-state index is 0.696. The van der Waals surface area contributed by atoms with E-state index in [1.54, 1.807) is 6.20 Å². The minimum Gasteiger partial charge on any atom is -0.369 e. The number of hydrogen-bond acceptors (Lipinski definition) is 6. The van der Waals surface area contributed by atoms with Crippen molar-refractivity contribution >= 4 is 34.6 Å². The van der Waals surface area contributed by atoms with Gasteiger partial charge >= 0.3 is 0 Å². The van der Waals surface area contributed by atoms with E-state index in [0.29, 0.717) is 5.02 Å². The molecule has 2 aliphatic heterocycles. The van der Waals surface area contributed by atoms with Crippen LogP contribution in [0.25, 0.3) is 0 Å². The van der Waals surface area contributed by atoms with Crippen LogP contribution in [0.15, 0.2) is 41.5 Å². The maximum Gasteiger partial charge on any atom is 0.156 e. The van der Waals surface area contributed by atoms with E-state index in [1.807, 2.05) is 30.3 Å². The number of nitrogens with one attached hydrogen (secondary N) is 2. The second-order valence-electron chi connectivity index (χ2n) is 7.07. The number of amidine groups is 1. The first-order chi connectivity index (χ1) is 13.2. The Bertz CT molecular complexity index is 829. The lowest BCUT2D eigenvalue weighted by Gasteiger charge is -2.32. The van der Waals surface area contributed by atoms with Crippen LogP contribution in [-0.4, -0.2) is 66.9 Å². The van der Waals surface area contributed by atoms with E-state index in [9.17, 15) is 0 Å². The molecule has 1 fully saturated rings. The monoisotopic (exact) mass is 384 g/mol. The first-order valence-electron chi connectivity index (χ1n) is 9.44. The van der Waals surface area contributed by atoms with E-state index in [1.165, 1.54) is 0 Å². The van der Waals surface area contributed by atoms with Crippen molar-refractivity contribution in [1.29, 1.82) is 0 Å². The smallest absolute Gasteiger partial charge is 0.156 e. The molecule has 2 aliphatic rings. The van der Waals surface area contributed by atoms with Gasteiger partial charge in [-0.15, -0.1) is 0 Å². The van der Waals surface area contributed by atoms with Crippen LogP contribution in [0.2, 0.25) is 5.02 Å². The minimum atomic E-state index is 0.696. The summed E-state index contributed by atoms with van der Waals surface area (Å²) < 4.78 is 0. The van der Waals surface area contributed by atoms with Gasteiger partial charge in [0.1, 0.15) is 11.5 Å². The number of rotatable bonds is 4. The summed E-state index contributed by atoms with van der Waals surface area (Å²) in [6.45, 7) is 6.58. The van der Waals surface area contributed by atoms with Crippen LogP contribution in [-0.2, 0) is 0 Å². The van der Waals surface area contributed by atoms with Gasteiger partial charge in [0.05, 0.1) is 5.69 Å². The molecule has 7 heteroatoms. The van der Waals surface area contributed by atoms with Crippen molar-refractivity contribution in [2.45, 2.75) is 6.42 Å². The molecular formula is C20H25ClN6. The summed E-state index contributed by atoms with van der Waals surface area (Å²) in [5.41, 5.74) is 2.76. The zero-order valence-corrected chi connectivity index (χ0v) is 16.3. The Labute approximate surface area is 165 Å². The van der Waals surface area contributed by atoms with Crippen LogP contribution >= 0.6 is 11.6 Å². The van der Waals surface area contributed by atoms with Gasteiger partial charge < -0.3 is 20.4 Å². The molecule has 0 bridgehead atoms. The summed E-state index contributed by atoms with van der Waals surface area (Å²) in [5.74, 6) is 1.60. The number of benzene rings is 1. The van der Waals surface area contributed by atoms with Gasteiger partial charge in [0.25, 0.3) is 0 Å². The average Bonchev–Trinajstić information content (AvgIpc) is 2.83. The average molecular weight is 385 g/mol. The Kier molecular flexibility index (Phi) is 5.57. The molecule has 2 N–H and O–H groups in total. The van der Waals surface area contributed by atoms with Crippen LogP contribution in [0.4, 0.5) is 17.2 Å². The lowest BCUT2D eigenvalue weighted by atomic mass is 10.1. The van der Waals surface area contributed by atoms with Crippen molar-refractivity contribution in [1.82, 2.24) is 20.1 Å². The van der Waals surface area contributed by atoms with Gasteiger partial charge in [0, 0.05) is 49.5 Å². The third kappa shape index (κ3) is 4.40. The van der Waals surface area contributed by atoms with Crippen molar-refractivity contribution in [3.63, 3.8) is 0 Å². The second-order valence-corrected chi connectivity index (χ2v) is 7.51. The maximum atomic E-state index is 6.24. The Morgan fingerprint density at radius 3 is 2.89 bits per heavy atom. The highest BCUT2D eigenvalue weighted by Gasteiger charge is 2.18. The lowest BCUT2D eigenvalue weighted by Crippen LogP contribution is -2.45. The number of piperazine rings is 1. The molecule has 142 valence electrons. The standard InChI is InChI=1S/C20H25ClN6/c1-26-10-12-27(13-11-26)9-3-8-22-19-16-14-15(21)5-6-17(16)24-20-18(25-19)4-2-7-23-20/h2,4-7,14H,3,8-13H2,1H3,(H,22,25)(H,23,24). The van der Waals surface area contributed by atoms with Gasteiger partial charge in [-0.1, -0.05) is 11.6 Å². The van der Waals surface area contributed by atoms with Gasteiger partial charge in [0.15, 0.2) is 5.82 Å². The number of fused-ring (bicyclic) bond motifs is 2. The molecule has 3 heterocycles. The van der Waals surface area contributed by atoms with Gasteiger partial charge in [-0.3, -0.25) is 0 Å². The summed E-state index contributed by atoms with van der Waals surface area (Å²) in [7, 11) is 2.19. The van der Waals surface area contributed by atoms with Gasteiger partial charge in [-0.2, -0.15) is 0 Å². The Hall–Kier alpha value is -2.15. The predicted molar refractivity (Wildman–Crippen MR) is 112 cm³/mol. The van der Waals surface area contributed by atoms with E-state index in [4.69, 9.17) is 16.6 Å². The van der Waals surface area contributed by atoms with E-state index >= 15 is 0 Å². The zero-order chi connectivity index (χ0) is 18.6. The van der Waals surface area contributed by atoms with E-state index < -0.39 is 0 Å². The molecule has 0 unspecified atom stereocenters. The first kappa shape index (κ1) is 18.2. The SMILES string of the molecule is CN1CCN(CCCNC2=Nc3cccnc3Nc3ccc(Cl)cc32)CC1. The number of anilines is 2. The second kappa shape index (κ2) is 8.25. The molecule has 2 aromatic rings. The molecular weight excluding hydrogens is 360 g/mol. The largest absolute Gasteiger partial charge is 0.369 e. The van der Waals surface area contributed by atoms with Crippen LogP contribution < -0.4 is 10.6 Å². The highest BCUT2D eigenvalue weighted by Crippen LogP contribution is 2.32. The quantitative estimate of drug-likeness (QED) is 0.793. The van der Waals surface area contributed by atoms with Crippen molar-refractivity contribution in [3.05, 3.63) is 47.1 Å². The topological polar surface area (TPSA) is 55.8 Å². The first-order valence-corrected chi connectivity index (χ1v) is 9.82. The van der Waals surface area contributed by atoms with Gasteiger partial charge in [-0.05, 0) is 50.3 Å². The molecule has 0 radical (unpaired) electrons. The Morgan fingerprint density at radius 1 is 1.19 bits per heavy atom. The maximum absolute atomic E-state index is 6.24. The fourth-order valence-corrected chi connectivity index (χ4v) is 3.60. The molecule has 6 nitrogen and oxygen atoms in total. The van der Waals surface area contributed by atoms with Crippen LogP contribution in [0.5, 0.6) is 0 Å². The highest BCUT2D eigenvalue weighted by molar-refractivity contribution is 6.31. The fraction of sp³-hybridized carbons (Fsp3) is 0.400. The summed E-state index contributed by atoms with van der Waals surface area (Å²) in [5, 5.41) is 7.59. The summed E-state index contributed by atoms with van der Waals surface area (Å²) in [4.78, 5) is 14.1. The third-order valence-corrected chi connectivity index (χ3v) is 5.28. The zero-order valence-electron chi connectivity index (χ0n) is 15.6. The third-order valence-electron chi connectivity index (χ3n) is 5.05. The van der Waals surface area contributed by atoms with E-state index in [-0.39, 0.29) is 0 Å². The van der Waals surface area contributed by atoms with Gasteiger partial charge in [-0.25, -0.2) is 9.98 Å². The molecule has 0 saturated carbocycles. The molecule has 0 spiro atoms. The number of hydrogen-bond donors (Lipinski definition) is 2. The number of halogens is 1. The van der Waals surface area contributed by atoms with Crippen LogP contribution in [0, 0.1) is 0 Å². The Balaban J connectivity index is 1.45. The number of aromatic nitrogens is 1.